The molecule has 0 aliphatic heterocycles. The second kappa shape index (κ2) is 12.9. The van der Waals surface area contributed by atoms with Gasteiger partial charge in [0.25, 0.3) is 5.91 Å². The van der Waals surface area contributed by atoms with E-state index in [0.29, 0.717) is 34.8 Å². The minimum atomic E-state index is -0.330. The van der Waals surface area contributed by atoms with Gasteiger partial charge in [0.15, 0.2) is 0 Å². The lowest BCUT2D eigenvalue weighted by Gasteiger charge is -2.18. The third-order valence-corrected chi connectivity index (χ3v) is 8.29. The van der Waals surface area contributed by atoms with Crippen molar-refractivity contribution in [3.63, 3.8) is 0 Å². The van der Waals surface area contributed by atoms with Crippen LogP contribution >= 0.6 is 11.3 Å². The number of thiazole rings is 1. The number of hydrogen-bond acceptors (Lipinski definition) is 5. The number of amides is 3. The minimum absolute atomic E-state index is 0.0730. The van der Waals surface area contributed by atoms with Gasteiger partial charge in [-0.05, 0) is 75.5 Å². The Hall–Kier alpha value is -5.67. The molecule has 6 rings (SSSR count). The highest BCUT2D eigenvalue weighted by Gasteiger charge is 2.14. The van der Waals surface area contributed by atoms with E-state index < -0.39 is 0 Å². The van der Waals surface area contributed by atoms with E-state index in [0.717, 1.165) is 44.4 Å². The van der Waals surface area contributed by atoms with Gasteiger partial charge in [-0.25, -0.2) is 4.79 Å². The topological polar surface area (TPSA) is 115 Å². The molecule has 0 bridgehead atoms. The highest BCUT2D eigenvalue weighted by atomic mass is 32.1. The van der Waals surface area contributed by atoms with Crippen LogP contribution in [-0.2, 0) is 13.0 Å². The fourth-order valence-corrected chi connectivity index (χ4v) is 5.92. The van der Waals surface area contributed by atoms with Gasteiger partial charge in [0.05, 0.1) is 4.88 Å². The van der Waals surface area contributed by atoms with Crippen LogP contribution in [0.2, 0.25) is 0 Å². The highest BCUT2D eigenvalue weighted by molar-refractivity contribution is 7.09. The summed E-state index contributed by atoms with van der Waals surface area (Å²) in [5.74, 6) is -0.164. The van der Waals surface area contributed by atoms with Gasteiger partial charge in [0.2, 0.25) is 5.88 Å². The van der Waals surface area contributed by atoms with Gasteiger partial charge in [-0.2, -0.15) is 0 Å². The Morgan fingerprint density at radius 2 is 1.49 bits per heavy atom. The maximum absolute atomic E-state index is 13.4. The molecule has 224 valence electrons. The van der Waals surface area contributed by atoms with Crippen molar-refractivity contribution in [1.29, 1.82) is 0 Å². The lowest BCUT2D eigenvalue weighted by molar-refractivity contribution is 0.0785. The van der Waals surface area contributed by atoms with Gasteiger partial charge in [0, 0.05) is 37.0 Å². The molecule has 0 unspecified atom stereocenters. The molecule has 5 aromatic carbocycles. The second-order valence-corrected chi connectivity index (χ2v) is 11.8. The number of nitrogens with one attached hydrogen (secondary N) is 3. The number of aromatic hydroxyl groups is 1. The van der Waals surface area contributed by atoms with E-state index in [9.17, 15) is 19.5 Å². The molecular formula is C36H30N4O4S. The molecule has 0 atom stereocenters. The number of carbonyl (C=O) groups excluding carboxylic acids is 2. The Morgan fingerprint density at radius 3 is 2.24 bits per heavy atom. The van der Waals surface area contributed by atoms with Crippen molar-refractivity contribution in [2.24, 2.45) is 0 Å². The Kier molecular flexibility index (Phi) is 8.43. The van der Waals surface area contributed by atoms with Crippen LogP contribution in [0.4, 0.5) is 16.2 Å². The van der Waals surface area contributed by atoms with Crippen molar-refractivity contribution in [1.82, 2.24) is 9.88 Å². The molecule has 45 heavy (non-hydrogen) atoms. The largest absolute Gasteiger partial charge is 0.494 e. The number of aromatic nitrogens is 1. The SMILES string of the molecule is CN(Cc1cccc(-c2ccc(Cc3sc(=O)[nH]c3O)cc2)c1)C(=O)c1ccc2cc(NC(=O)Nc3ccccc3)ccc2c1. The number of fused-ring (bicyclic) bond motifs is 1. The number of benzene rings is 5. The van der Waals surface area contributed by atoms with Crippen LogP contribution in [0.1, 0.15) is 26.4 Å². The van der Waals surface area contributed by atoms with Crippen molar-refractivity contribution >= 4 is 45.4 Å². The molecule has 8 nitrogen and oxygen atoms in total. The van der Waals surface area contributed by atoms with Crippen molar-refractivity contribution < 1.29 is 14.7 Å². The molecule has 0 fully saturated rings. The molecule has 1 aromatic heterocycles. The van der Waals surface area contributed by atoms with Gasteiger partial charge in [-0.3, -0.25) is 14.6 Å². The highest BCUT2D eigenvalue weighted by Crippen LogP contribution is 2.26. The van der Waals surface area contributed by atoms with Crippen molar-refractivity contribution in [3.8, 4) is 17.0 Å². The summed E-state index contributed by atoms with van der Waals surface area (Å²) in [5.41, 5.74) is 5.99. The van der Waals surface area contributed by atoms with Crippen LogP contribution < -0.4 is 15.5 Å². The van der Waals surface area contributed by atoms with Crippen LogP contribution in [0.5, 0.6) is 5.88 Å². The Bertz CT molecular complexity index is 2050. The molecule has 0 saturated heterocycles. The number of hydrogen-bond donors (Lipinski definition) is 4. The van der Waals surface area contributed by atoms with Crippen LogP contribution in [-0.4, -0.2) is 34.0 Å². The molecule has 3 amide bonds. The van der Waals surface area contributed by atoms with E-state index >= 15 is 0 Å². The van der Waals surface area contributed by atoms with E-state index in [1.54, 1.807) is 18.0 Å². The normalized spacial score (nSPS) is 10.9. The average Bonchev–Trinajstić information content (AvgIpc) is 3.36. The average molecular weight is 615 g/mol. The number of aromatic amines is 1. The summed E-state index contributed by atoms with van der Waals surface area (Å²) >= 11 is 1.01. The lowest BCUT2D eigenvalue weighted by Crippen LogP contribution is -2.26. The zero-order valence-electron chi connectivity index (χ0n) is 24.4. The smallest absolute Gasteiger partial charge is 0.323 e. The zero-order chi connectivity index (χ0) is 31.3. The monoisotopic (exact) mass is 614 g/mol. The molecule has 0 aliphatic carbocycles. The summed E-state index contributed by atoms with van der Waals surface area (Å²) in [6.45, 7) is 0.438. The van der Waals surface area contributed by atoms with E-state index in [1.165, 1.54) is 0 Å². The quantitative estimate of drug-likeness (QED) is 0.142. The first kappa shape index (κ1) is 29.4. The van der Waals surface area contributed by atoms with Crippen molar-refractivity contribution in [2.45, 2.75) is 13.0 Å². The lowest BCUT2D eigenvalue weighted by atomic mass is 10.0. The molecular weight excluding hydrogens is 584 g/mol. The Labute approximate surface area is 263 Å². The standard InChI is InChI=1S/C36H30N4O4S/c1-40(22-24-6-5-7-26(18-24)25-12-10-23(11-13-25)19-32-33(41)39-36(44)45-32)34(42)29-15-14-28-21-31(17-16-27(28)20-29)38-35(43)37-30-8-3-2-4-9-30/h2-18,20-21,41H,19,22H2,1H3,(H,39,44)(H2,37,38,43). The zero-order valence-corrected chi connectivity index (χ0v) is 25.2. The van der Waals surface area contributed by atoms with E-state index in [1.807, 2.05) is 103 Å². The molecule has 4 N–H and O–H groups in total. The molecule has 0 radical (unpaired) electrons. The summed E-state index contributed by atoms with van der Waals surface area (Å²) in [6.07, 6.45) is 0.473. The fourth-order valence-electron chi connectivity index (χ4n) is 5.16. The first-order valence-corrected chi connectivity index (χ1v) is 15.1. The Balaban J connectivity index is 1.09. The summed E-state index contributed by atoms with van der Waals surface area (Å²) in [5, 5.41) is 17.3. The van der Waals surface area contributed by atoms with Crippen LogP contribution in [0.15, 0.2) is 120 Å². The van der Waals surface area contributed by atoms with Gasteiger partial charge in [0.1, 0.15) is 0 Å². The molecule has 0 spiro atoms. The molecule has 9 heteroatoms. The van der Waals surface area contributed by atoms with E-state index in [2.05, 4.69) is 21.7 Å². The van der Waals surface area contributed by atoms with Crippen LogP contribution in [0.3, 0.4) is 0 Å². The number of H-pyrrole nitrogens is 1. The maximum atomic E-state index is 13.4. The van der Waals surface area contributed by atoms with Gasteiger partial charge in [-0.15, -0.1) is 0 Å². The van der Waals surface area contributed by atoms with Gasteiger partial charge < -0.3 is 20.6 Å². The minimum Gasteiger partial charge on any atom is -0.494 e. The third-order valence-electron chi connectivity index (χ3n) is 7.42. The summed E-state index contributed by atoms with van der Waals surface area (Å²) in [6, 6.07) is 36.1. The number of para-hydroxylation sites is 1. The number of anilines is 2. The molecule has 1 heterocycles. The summed E-state index contributed by atoms with van der Waals surface area (Å²) in [7, 11) is 1.79. The third kappa shape index (κ3) is 7.11. The number of rotatable bonds is 8. The van der Waals surface area contributed by atoms with Crippen LogP contribution in [0, 0.1) is 0 Å². The maximum Gasteiger partial charge on any atom is 0.323 e. The predicted octanol–water partition coefficient (Wildman–Crippen LogP) is 7.47. The van der Waals surface area contributed by atoms with E-state index in [-0.39, 0.29) is 22.7 Å². The fraction of sp³-hybridized carbons (Fsp3) is 0.0833. The molecule has 6 aromatic rings. The molecule has 0 saturated carbocycles. The van der Waals surface area contributed by atoms with Crippen molar-refractivity contribution in [3.05, 3.63) is 146 Å². The number of nitrogens with zero attached hydrogens (tertiary/aromatic N) is 1. The Morgan fingerprint density at radius 1 is 0.756 bits per heavy atom. The van der Waals surface area contributed by atoms with Gasteiger partial charge >= 0.3 is 10.9 Å². The first-order valence-electron chi connectivity index (χ1n) is 14.3. The van der Waals surface area contributed by atoms with Gasteiger partial charge in [-0.1, -0.05) is 84.1 Å². The second-order valence-electron chi connectivity index (χ2n) is 10.7. The van der Waals surface area contributed by atoms with Crippen molar-refractivity contribution in [2.75, 3.05) is 17.7 Å². The molecule has 0 aliphatic rings. The number of carbonyl (C=O) groups is 2. The summed E-state index contributed by atoms with van der Waals surface area (Å²) < 4.78 is 0. The summed E-state index contributed by atoms with van der Waals surface area (Å²) in [4.78, 5) is 41.7. The van der Waals surface area contributed by atoms with E-state index in [4.69, 9.17) is 0 Å². The number of urea groups is 1. The van der Waals surface area contributed by atoms with Crippen LogP contribution in [0.25, 0.3) is 21.9 Å². The first-order chi connectivity index (χ1) is 21.8. The predicted molar refractivity (Wildman–Crippen MR) is 180 cm³/mol.